The molecule has 0 saturated carbocycles. The summed E-state index contributed by atoms with van der Waals surface area (Å²) in [7, 11) is 3.67. The van der Waals surface area contributed by atoms with Gasteiger partial charge in [0, 0.05) is 36.8 Å². The normalized spacial score (nSPS) is 15.5. The average molecular weight is 378 g/mol. The maximum absolute atomic E-state index is 14.2. The SMILES string of the molecule is COc1ccc(/C(C)=C/n2c3c(c4cc(C)ccc42)CCN(C)CC3)cc1F. The number of rotatable bonds is 3. The first-order chi connectivity index (χ1) is 13.5. The molecule has 3 aromatic rings. The minimum atomic E-state index is -0.332. The molecule has 2 aromatic carbocycles. The zero-order chi connectivity index (χ0) is 19.8. The Morgan fingerprint density at radius 1 is 1.11 bits per heavy atom. The zero-order valence-corrected chi connectivity index (χ0v) is 17.1. The molecule has 4 heteroatoms. The number of ether oxygens (including phenoxy) is 1. The van der Waals surface area contributed by atoms with Gasteiger partial charge in [-0.15, -0.1) is 0 Å². The number of halogens is 1. The molecule has 0 fully saturated rings. The van der Waals surface area contributed by atoms with Crippen molar-refractivity contribution in [1.29, 1.82) is 0 Å². The lowest BCUT2D eigenvalue weighted by Gasteiger charge is -2.13. The topological polar surface area (TPSA) is 17.4 Å². The first-order valence-electron chi connectivity index (χ1n) is 9.81. The first-order valence-corrected chi connectivity index (χ1v) is 9.81. The van der Waals surface area contributed by atoms with Gasteiger partial charge in [-0.25, -0.2) is 4.39 Å². The third-order valence-corrected chi connectivity index (χ3v) is 5.78. The van der Waals surface area contributed by atoms with E-state index in [1.54, 1.807) is 12.1 Å². The van der Waals surface area contributed by atoms with Crippen LogP contribution >= 0.6 is 0 Å². The van der Waals surface area contributed by atoms with Crippen LogP contribution in [0.1, 0.15) is 29.3 Å². The van der Waals surface area contributed by atoms with Crippen LogP contribution in [0.25, 0.3) is 22.7 Å². The van der Waals surface area contributed by atoms with Crippen LogP contribution < -0.4 is 4.74 Å². The minimum absolute atomic E-state index is 0.273. The molecule has 0 aliphatic carbocycles. The van der Waals surface area contributed by atoms with Crippen LogP contribution in [0.5, 0.6) is 5.75 Å². The van der Waals surface area contributed by atoms with Crippen molar-refractivity contribution < 1.29 is 9.13 Å². The summed E-state index contributed by atoms with van der Waals surface area (Å²) in [5.41, 5.74) is 7.23. The number of hydrogen-bond donors (Lipinski definition) is 0. The smallest absolute Gasteiger partial charge is 0.165 e. The van der Waals surface area contributed by atoms with Gasteiger partial charge in [-0.05, 0) is 68.3 Å². The lowest BCUT2D eigenvalue weighted by atomic mass is 10.1. The quantitative estimate of drug-likeness (QED) is 0.627. The highest BCUT2D eigenvalue weighted by atomic mass is 19.1. The largest absolute Gasteiger partial charge is 0.494 e. The van der Waals surface area contributed by atoms with E-state index in [2.05, 4.69) is 47.8 Å². The van der Waals surface area contributed by atoms with Gasteiger partial charge in [0.1, 0.15) is 0 Å². The molecule has 0 unspecified atom stereocenters. The van der Waals surface area contributed by atoms with Crippen molar-refractivity contribution in [2.75, 3.05) is 27.2 Å². The van der Waals surface area contributed by atoms with Gasteiger partial charge in [0.25, 0.3) is 0 Å². The van der Waals surface area contributed by atoms with E-state index in [4.69, 9.17) is 4.74 Å². The number of fused-ring (bicyclic) bond motifs is 3. The van der Waals surface area contributed by atoms with E-state index in [0.29, 0.717) is 0 Å². The number of nitrogens with zero attached hydrogens (tertiary/aromatic N) is 2. The second-order valence-corrected chi connectivity index (χ2v) is 7.78. The second-order valence-electron chi connectivity index (χ2n) is 7.78. The predicted octanol–water partition coefficient (Wildman–Crippen LogP) is 5.15. The summed E-state index contributed by atoms with van der Waals surface area (Å²) >= 11 is 0. The molecule has 1 aromatic heterocycles. The highest BCUT2D eigenvalue weighted by Crippen LogP contribution is 2.32. The summed E-state index contributed by atoms with van der Waals surface area (Å²) in [6, 6.07) is 11.8. The summed E-state index contributed by atoms with van der Waals surface area (Å²) < 4.78 is 21.6. The zero-order valence-electron chi connectivity index (χ0n) is 17.1. The summed E-state index contributed by atoms with van der Waals surface area (Å²) in [5, 5.41) is 1.34. The first kappa shape index (κ1) is 18.8. The molecule has 2 heterocycles. The molecule has 0 atom stereocenters. The van der Waals surface area contributed by atoms with Crippen molar-refractivity contribution in [3.05, 3.63) is 64.6 Å². The summed E-state index contributed by atoms with van der Waals surface area (Å²) in [5.74, 6) is -0.0588. The second kappa shape index (κ2) is 7.44. The van der Waals surface area contributed by atoms with E-state index in [9.17, 15) is 4.39 Å². The van der Waals surface area contributed by atoms with Crippen LogP contribution in [0, 0.1) is 12.7 Å². The maximum Gasteiger partial charge on any atom is 0.165 e. The fraction of sp³-hybridized carbons (Fsp3) is 0.333. The number of benzene rings is 2. The third-order valence-electron chi connectivity index (χ3n) is 5.78. The van der Waals surface area contributed by atoms with Gasteiger partial charge in [0.2, 0.25) is 0 Å². The van der Waals surface area contributed by atoms with Crippen LogP contribution in [-0.4, -0.2) is 36.7 Å². The Hall–Kier alpha value is -2.59. The van der Waals surface area contributed by atoms with Crippen molar-refractivity contribution in [2.24, 2.45) is 0 Å². The Labute approximate surface area is 166 Å². The molecule has 3 nitrogen and oxygen atoms in total. The molecule has 0 spiro atoms. The molecule has 0 amide bonds. The van der Waals surface area contributed by atoms with Crippen molar-refractivity contribution in [3.8, 4) is 5.75 Å². The highest BCUT2D eigenvalue weighted by Gasteiger charge is 2.20. The molecule has 0 bridgehead atoms. The Morgan fingerprint density at radius 2 is 1.89 bits per heavy atom. The number of methoxy groups -OCH3 is 1. The van der Waals surface area contributed by atoms with Crippen LogP contribution in [-0.2, 0) is 12.8 Å². The predicted molar refractivity (Wildman–Crippen MR) is 114 cm³/mol. The number of aryl methyl sites for hydroxylation is 1. The van der Waals surface area contributed by atoms with E-state index < -0.39 is 0 Å². The lowest BCUT2D eigenvalue weighted by molar-refractivity contribution is 0.351. The van der Waals surface area contributed by atoms with Gasteiger partial charge < -0.3 is 14.2 Å². The van der Waals surface area contributed by atoms with Crippen LogP contribution in [0.4, 0.5) is 4.39 Å². The third kappa shape index (κ3) is 3.33. The Bertz CT molecular complexity index is 1060. The van der Waals surface area contributed by atoms with Crippen molar-refractivity contribution in [1.82, 2.24) is 9.47 Å². The Balaban J connectivity index is 1.86. The van der Waals surface area contributed by atoms with Gasteiger partial charge in [0.05, 0.1) is 12.6 Å². The molecule has 28 heavy (non-hydrogen) atoms. The van der Waals surface area contributed by atoms with Gasteiger partial charge in [0.15, 0.2) is 11.6 Å². The van der Waals surface area contributed by atoms with Crippen molar-refractivity contribution >= 4 is 22.7 Å². The standard InChI is InChI=1S/C24H27FN2O/c1-16-5-7-22-20(13-16)19-9-11-26(3)12-10-23(19)27(22)15-17(2)18-6-8-24(28-4)21(25)14-18/h5-8,13-15H,9-12H2,1-4H3/b17-15+. The van der Waals surface area contributed by atoms with Crippen LogP contribution in [0.2, 0.25) is 0 Å². The van der Waals surface area contributed by atoms with Crippen molar-refractivity contribution in [3.63, 3.8) is 0 Å². The summed E-state index contributed by atoms with van der Waals surface area (Å²) in [4.78, 5) is 2.39. The fourth-order valence-electron chi connectivity index (χ4n) is 4.14. The molecule has 1 aliphatic heterocycles. The maximum atomic E-state index is 14.2. The Morgan fingerprint density at radius 3 is 2.64 bits per heavy atom. The molecule has 0 saturated heterocycles. The molecule has 0 N–H and O–H groups in total. The molecule has 4 rings (SSSR count). The van der Waals surface area contributed by atoms with Gasteiger partial charge in [-0.2, -0.15) is 0 Å². The molecular formula is C24H27FN2O. The van der Waals surface area contributed by atoms with Crippen molar-refractivity contribution in [2.45, 2.75) is 26.7 Å². The van der Waals surface area contributed by atoms with Gasteiger partial charge in [-0.3, -0.25) is 0 Å². The lowest BCUT2D eigenvalue weighted by Crippen LogP contribution is -2.21. The molecule has 0 radical (unpaired) electrons. The van der Waals surface area contributed by atoms with Crippen LogP contribution in [0.15, 0.2) is 36.4 Å². The van der Waals surface area contributed by atoms with E-state index in [1.807, 2.05) is 13.0 Å². The number of aromatic nitrogens is 1. The fourth-order valence-corrected chi connectivity index (χ4v) is 4.14. The highest BCUT2D eigenvalue weighted by molar-refractivity contribution is 5.90. The Kier molecular flexibility index (Phi) is 4.98. The number of allylic oxidation sites excluding steroid dienone is 1. The number of hydrogen-bond acceptors (Lipinski definition) is 2. The summed E-state index contributed by atoms with van der Waals surface area (Å²) in [6.45, 7) is 6.31. The monoisotopic (exact) mass is 378 g/mol. The van der Waals surface area contributed by atoms with E-state index in [1.165, 1.54) is 34.8 Å². The average Bonchev–Trinajstić information content (AvgIpc) is 2.81. The minimum Gasteiger partial charge on any atom is -0.494 e. The van der Waals surface area contributed by atoms with Gasteiger partial charge in [-0.1, -0.05) is 17.7 Å². The molecule has 146 valence electrons. The number of likely N-dealkylation sites (N-methyl/N-ethyl adjacent to an activating group) is 1. The molecular weight excluding hydrogens is 351 g/mol. The molecule has 1 aliphatic rings. The summed E-state index contributed by atoms with van der Waals surface area (Å²) in [6.07, 6.45) is 4.23. The van der Waals surface area contributed by atoms with E-state index in [0.717, 1.165) is 37.1 Å². The van der Waals surface area contributed by atoms with E-state index >= 15 is 0 Å². The van der Waals surface area contributed by atoms with Crippen LogP contribution in [0.3, 0.4) is 0 Å². The van der Waals surface area contributed by atoms with Gasteiger partial charge >= 0.3 is 0 Å². The van der Waals surface area contributed by atoms with E-state index in [-0.39, 0.29) is 11.6 Å².